The topological polar surface area (TPSA) is 71.2 Å². The van der Waals surface area contributed by atoms with Crippen molar-refractivity contribution in [2.24, 2.45) is 5.73 Å². The van der Waals surface area contributed by atoms with E-state index in [2.05, 4.69) is 35.4 Å². The van der Waals surface area contributed by atoms with E-state index in [0.29, 0.717) is 12.6 Å². The van der Waals surface area contributed by atoms with Gasteiger partial charge in [0.25, 0.3) is 0 Å². The third kappa shape index (κ3) is 3.54. The number of hydrogen-bond acceptors (Lipinski definition) is 4. The minimum absolute atomic E-state index is 0.0855. The molecule has 2 rings (SSSR count). The summed E-state index contributed by atoms with van der Waals surface area (Å²) in [6.45, 7) is 2.88. The summed E-state index contributed by atoms with van der Waals surface area (Å²) >= 11 is 0. The summed E-state index contributed by atoms with van der Waals surface area (Å²) in [5, 5.41) is 13.6. The summed E-state index contributed by atoms with van der Waals surface area (Å²) in [6, 6.07) is 10.6. The monoisotopic (exact) mass is 273 g/mol. The van der Waals surface area contributed by atoms with Crippen molar-refractivity contribution in [3.8, 4) is 0 Å². The molecule has 4 nitrogen and oxygen atoms in total. The molecule has 0 aliphatic heterocycles. The third-order valence-corrected chi connectivity index (χ3v) is 3.56. The molecule has 2 aromatic rings. The number of hydrogen-bond donors (Lipinski definition) is 3. The molecule has 0 bridgehead atoms. The average Bonchev–Trinajstić information content (AvgIpc) is 2.50. The third-order valence-electron chi connectivity index (χ3n) is 3.56. The number of para-hydroxylation sites is 1. The highest BCUT2D eigenvalue weighted by molar-refractivity contribution is 5.82. The molecule has 0 aliphatic rings. The molecule has 0 spiro atoms. The maximum absolute atomic E-state index is 8.90. The van der Waals surface area contributed by atoms with Crippen molar-refractivity contribution >= 4 is 10.9 Å². The molecule has 20 heavy (non-hydrogen) atoms. The number of benzene rings is 1. The first-order valence-corrected chi connectivity index (χ1v) is 7.17. The fourth-order valence-electron chi connectivity index (χ4n) is 2.52. The van der Waals surface area contributed by atoms with Crippen molar-refractivity contribution in [3.63, 3.8) is 0 Å². The summed E-state index contributed by atoms with van der Waals surface area (Å²) in [6.07, 6.45) is 3.55. The summed E-state index contributed by atoms with van der Waals surface area (Å²) in [7, 11) is 0. The Labute approximate surface area is 120 Å². The molecule has 0 saturated carbocycles. The second-order valence-corrected chi connectivity index (χ2v) is 5.14. The van der Waals surface area contributed by atoms with Gasteiger partial charge >= 0.3 is 0 Å². The zero-order valence-electron chi connectivity index (χ0n) is 11.9. The van der Waals surface area contributed by atoms with Gasteiger partial charge in [-0.2, -0.15) is 0 Å². The summed E-state index contributed by atoms with van der Waals surface area (Å²) < 4.78 is 0. The van der Waals surface area contributed by atoms with Crippen molar-refractivity contribution in [1.29, 1.82) is 0 Å². The summed E-state index contributed by atoms with van der Waals surface area (Å²) in [4.78, 5) is 4.48. The van der Waals surface area contributed by atoms with Gasteiger partial charge in [0.2, 0.25) is 0 Å². The van der Waals surface area contributed by atoms with Crippen LogP contribution in [-0.4, -0.2) is 29.3 Å². The molecule has 0 aliphatic carbocycles. The number of aliphatic hydroxyl groups is 1. The smallest absolute Gasteiger partial charge is 0.0750 e. The van der Waals surface area contributed by atoms with Gasteiger partial charge in [0, 0.05) is 36.8 Å². The van der Waals surface area contributed by atoms with E-state index in [1.165, 1.54) is 0 Å². The van der Waals surface area contributed by atoms with Crippen LogP contribution in [0.1, 0.15) is 31.4 Å². The van der Waals surface area contributed by atoms with Crippen molar-refractivity contribution < 1.29 is 5.11 Å². The Morgan fingerprint density at radius 2 is 2.10 bits per heavy atom. The van der Waals surface area contributed by atoms with Gasteiger partial charge in [-0.15, -0.1) is 0 Å². The number of nitrogens with zero attached hydrogens (tertiary/aromatic N) is 1. The van der Waals surface area contributed by atoms with E-state index in [4.69, 9.17) is 10.8 Å². The Bertz CT molecular complexity index is 539. The first-order valence-electron chi connectivity index (χ1n) is 7.17. The normalized spacial score (nSPS) is 14.3. The molecule has 1 aromatic carbocycles. The predicted octanol–water partition coefficient (Wildman–Crippen LogP) is 1.99. The van der Waals surface area contributed by atoms with Crippen LogP contribution in [0.5, 0.6) is 0 Å². The van der Waals surface area contributed by atoms with Crippen LogP contribution in [0.15, 0.2) is 36.5 Å². The highest BCUT2D eigenvalue weighted by Gasteiger charge is 2.15. The van der Waals surface area contributed by atoms with E-state index in [1.54, 1.807) is 0 Å². The van der Waals surface area contributed by atoms with Crippen molar-refractivity contribution in [2.45, 2.75) is 31.8 Å². The van der Waals surface area contributed by atoms with Crippen LogP contribution in [0.2, 0.25) is 0 Å². The van der Waals surface area contributed by atoms with E-state index in [0.717, 1.165) is 29.3 Å². The standard InChI is InChI=1S/C16H23N3O/c1-12(5-4-10-20)19-15(11-17)14-8-2-6-13-7-3-9-18-16(13)14/h2-3,6-9,12,15,19-20H,4-5,10-11,17H2,1H3. The highest BCUT2D eigenvalue weighted by atomic mass is 16.2. The fourth-order valence-corrected chi connectivity index (χ4v) is 2.52. The molecule has 0 saturated heterocycles. The van der Waals surface area contributed by atoms with E-state index < -0.39 is 0 Å². The van der Waals surface area contributed by atoms with E-state index >= 15 is 0 Å². The molecular formula is C16H23N3O. The molecule has 0 radical (unpaired) electrons. The second-order valence-electron chi connectivity index (χ2n) is 5.14. The number of nitrogens with two attached hydrogens (primary N) is 1. The van der Waals surface area contributed by atoms with Crippen molar-refractivity contribution in [3.05, 3.63) is 42.1 Å². The maximum Gasteiger partial charge on any atom is 0.0750 e. The van der Waals surface area contributed by atoms with E-state index in [1.807, 2.05) is 18.3 Å². The Balaban J connectivity index is 2.21. The Morgan fingerprint density at radius 3 is 2.85 bits per heavy atom. The van der Waals surface area contributed by atoms with Gasteiger partial charge in [-0.25, -0.2) is 0 Å². The summed E-state index contributed by atoms with van der Waals surface area (Å²) in [5.74, 6) is 0. The fraction of sp³-hybridized carbons (Fsp3) is 0.438. The van der Waals surface area contributed by atoms with Gasteiger partial charge in [-0.1, -0.05) is 24.3 Å². The van der Waals surface area contributed by atoms with Gasteiger partial charge in [0.15, 0.2) is 0 Å². The molecule has 4 N–H and O–H groups in total. The van der Waals surface area contributed by atoms with Crippen molar-refractivity contribution in [2.75, 3.05) is 13.2 Å². The Hall–Kier alpha value is -1.49. The zero-order chi connectivity index (χ0) is 14.4. The predicted molar refractivity (Wildman–Crippen MR) is 82.5 cm³/mol. The largest absolute Gasteiger partial charge is 0.396 e. The number of aromatic nitrogens is 1. The number of aliphatic hydroxyl groups excluding tert-OH is 1. The van der Waals surface area contributed by atoms with Gasteiger partial charge in [0.05, 0.1) is 5.52 Å². The van der Waals surface area contributed by atoms with Crippen LogP contribution in [0.25, 0.3) is 10.9 Å². The quantitative estimate of drug-likeness (QED) is 0.721. The molecule has 1 heterocycles. The molecule has 108 valence electrons. The van der Waals surface area contributed by atoms with E-state index in [9.17, 15) is 0 Å². The lowest BCUT2D eigenvalue weighted by Gasteiger charge is -2.23. The van der Waals surface area contributed by atoms with Crippen LogP contribution in [0.3, 0.4) is 0 Å². The average molecular weight is 273 g/mol. The highest BCUT2D eigenvalue weighted by Crippen LogP contribution is 2.22. The molecule has 1 aromatic heterocycles. The SMILES string of the molecule is CC(CCCO)NC(CN)c1cccc2cccnc12. The molecule has 2 atom stereocenters. The number of fused-ring (bicyclic) bond motifs is 1. The number of rotatable bonds is 7. The summed E-state index contributed by atoms with van der Waals surface area (Å²) in [5.41, 5.74) is 8.08. The second kappa shape index (κ2) is 7.33. The lowest BCUT2D eigenvalue weighted by Crippen LogP contribution is -2.35. The lowest BCUT2D eigenvalue weighted by molar-refractivity contribution is 0.274. The van der Waals surface area contributed by atoms with E-state index in [-0.39, 0.29) is 12.6 Å². The maximum atomic E-state index is 8.90. The first-order chi connectivity index (χ1) is 9.76. The van der Waals surface area contributed by atoms with Gasteiger partial charge in [-0.05, 0) is 31.4 Å². The molecule has 2 unspecified atom stereocenters. The van der Waals surface area contributed by atoms with Gasteiger partial charge < -0.3 is 16.2 Å². The zero-order valence-corrected chi connectivity index (χ0v) is 11.9. The first kappa shape index (κ1) is 14.9. The number of pyridine rings is 1. The van der Waals surface area contributed by atoms with Crippen LogP contribution in [-0.2, 0) is 0 Å². The lowest BCUT2D eigenvalue weighted by atomic mass is 10.0. The van der Waals surface area contributed by atoms with Crippen LogP contribution in [0.4, 0.5) is 0 Å². The van der Waals surface area contributed by atoms with Crippen molar-refractivity contribution in [1.82, 2.24) is 10.3 Å². The van der Waals surface area contributed by atoms with Crippen LogP contribution >= 0.6 is 0 Å². The Kier molecular flexibility index (Phi) is 5.47. The minimum atomic E-state index is 0.0855. The van der Waals surface area contributed by atoms with Gasteiger partial charge in [-0.3, -0.25) is 4.98 Å². The molecule has 4 heteroatoms. The molecule has 0 fully saturated rings. The minimum Gasteiger partial charge on any atom is -0.396 e. The Morgan fingerprint density at radius 1 is 1.30 bits per heavy atom. The van der Waals surface area contributed by atoms with Gasteiger partial charge in [0.1, 0.15) is 0 Å². The number of nitrogens with one attached hydrogen (secondary N) is 1. The van der Waals surface area contributed by atoms with Crippen LogP contribution in [0, 0.1) is 0 Å². The molecule has 0 amide bonds. The molecular weight excluding hydrogens is 250 g/mol. The van der Waals surface area contributed by atoms with Crippen LogP contribution < -0.4 is 11.1 Å².